The van der Waals surface area contributed by atoms with Crippen LogP contribution in [0.1, 0.15) is 6.23 Å². The number of hydrogen-bond donors (Lipinski definition) is 4. The van der Waals surface area contributed by atoms with E-state index in [4.69, 9.17) is 22.7 Å². The first kappa shape index (κ1) is 24.6. The van der Waals surface area contributed by atoms with Gasteiger partial charge in [0, 0.05) is 0 Å². The van der Waals surface area contributed by atoms with Gasteiger partial charge in [-0.15, -0.1) is 0 Å². The van der Waals surface area contributed by atoms with E-state index in [-0.39, 0.29) is 69.7 Å². The molecule has 0 aromatic carbocycles. The molecule has 0 amide bonds. The third kappa shape index (κ3) is 5.13. The summed E-state index contributed by atoms with van der Waals surface area (Å²) in [5, 5.41) is 20.1. The number of nitrogens with one attached hydrogen (secondary N) is 1. The number of ether oxygens (including phenoxy) is 1. The van der Waals surface area contributed by atoms with Gasteiger partial charge in [0.25, 0.3) is 0 Å². The van der Waals surface area contributed by atoms with Gasteiger partial charge in [0.1, 0.15) is 29.5 Å². The van der Waals surface area contributed by atoms with Crippen molar-refractivity contribution in [1.29, 1.82) is 0 Å². The van der Waals surface area contributed by atoms with Crippen LogP contribution in [-0.2, 0) is 13.8 Å². The van der Waals surface area contributed by atoms with Gasteiger partial charge in [-0.3, -0.25) is 4.57 Å². The fourth-order valence-electron chi connectivity index (χ4n) is 2.41. The van der Waals surface area contributed by atoms with Crippen molar-refractivity contribution in [2.75, 3.05) is 12.3 Å². The van der Waals surface area contributed by atoms with Crippen molar-refractivity contribution in [3.8, 4) is 0 Å². The number of hydrogen-bond acceptors (Lipinski definition) is 11. The summed E-state index contributed by atoms with van der Waals surface area (Å²) in [7, 11) is -5.23. The standard InChI is InChI=1S/C10H14N5O7PS.2Na/c11-10-13-7-4(8(24)14-10)12-2-15(7)9-6(17)5(16)3(22-9)1-21-23(18,19)20;;/h2-3,5-6,9,16-17H,1H2,(H2,18,19,20)(H3,11,13,14,24);;/q;2*+1/p-2/t3-,5-,6-,9-;;/m1../s1. The molecule has 0 bridgehead atoms. The number of nitrogens with two attached hydrogens (primary N) is 1. The van der Waals surface area contributed by atoms with Gasteiger partial charge in [0.15, 0.2) is 16.8 Å². The minimum Gasteiger partial charge on any atom is -0.790 e. The number of phosphoric ester groups is 1. The third-order valence-corrected chi connectivity index (χ3v) is 4.22. The van der Waals surface area contributed by atoms with E-state index in [0.717, 1.165) is 0 Å². The molecule has 0 saturated carbocycles. The Labute approximate surface area is 195 Å². The molecule has 1 saturated heterocycles. The molecule has 5 N–H and O–H groups in total. The van der Waals surface area contributed by atoms with Crippen LogP contribution in [0.4, 0.5) is 5.95 Å². The Balaban J connectivity index is 0.00000169. The zero-order valence-electron chi connectivity index (χ0n) is 13.8. The van der Waals surface area contributed by atoms with Crippen LogP contribution in [0.15, 0.2) is 6.33 Å². The predicted octanol–water partition coefficient (Wildman–Crippen LogP) is -8.46. The number of aliphatic hydroxyl groups excluding tert-OH is 2. The molecule has 4 atom stereocenters. The average molecular weight is 423 g/mol. The fraction of sp³-hybridized carbons (Fsp3) is 0.500. The molecule has 0 spiro atoms. The number of rotatable bonds is 4. The van der Waals surface area contributed by atoms with Crippen LogP contribution in [0.3, 0.4) is 0 Å². The number of fused-ring (bicyclic) bond motifs is 1. The average Bonchev–Trinajstić information content (AvgIpc) is 3.00. The summed E-state index contributed by atoms with van der Waals surface area (Å²) in [6, 6.07) is 0. The predicted molar refractivity (Wildman–Crippen MR) is 76.6 cm³/mol. The molecule has 12 nitrogen and oxygen atoms in total. The number of aromatic amines is 1. The number of aliphatic hydroxyl groups is 2. The van der Waals surface area contributed by atoms with E-state index in [2.05, 4.69) is 19.5 Å². The molecule has 132 valence electrons. The van der Waals surface area contributed by atoms with Gasteiger partial charge in [-0.2, -0.15) is 0 Å². The van der Waals surface area contributed by atoms with Crippen molar-refractivity contribution in [2.45, 2.75) is 24.5 Å². The molecule has 2 aromatic heterocycles. The molecule has 26 heavy (non-hydrogen) atoms. The number of nitrogen functional groups attached to an aromatic ring is 1. The monoisotopic (exact) mass is 423 g/mol. The molecule has 3 rings (SSSR count). The van der Waals surface area contributed by atoms with E-state index in [1.807, 2.05) is 0 Å². The van der Waals surface area contributed by atoms with Gasteiger partial charge in [-0.05, 0) is 0 Å². The van der Waals surface area contributed by atoms with Gasteiger partial charge in [-0.1, -0.05) is 12.2 Å². The van der Waals surface area contributed by atoms with E-state index in [9.17, 15) is 24.6 Å². The van der Waals surface area contributed by atoms with Gasteiger partial charge < -0.3 is 44.5 Å². The maximum absolute atomic E-state index is 10.5. The normalized spacial score (nSPS) is 25.7. The first-order chi connectivity index (χ1) is 11.2. The molecule has 2 aromatic rings. The third-order valence-electron chi connectivity index (χ3n) is 3.47. The van der Waals surface area contributed by atoms with Crippen molar-refractivity contribution in [1.82, 2.24) is 19.5 Å². The Bertz CT molecular complexity index is 875. The summed E-state index contributed by atoms with van der Waals surface area (Å²) in [6.07, 6.45) is -4.01. The van der Waals surface area contributed by atoms with E-state index in [1.165, 1.54) is 10.9 Å². The van der Waals surface area contributed by atoms with Crippen molar-refractivity contribution >= 4 is 37.2 Å². The minimum absolute atomic E-state index is 0. The summed E-state index contributed by atoms with van der Waals surface area (Å²) >= 11 is 5.03. The molecule has 1 aliphatic rings. The van der Waals surface area contributed by atoms with Gasteiger partial charge in [0.2, 0.25) is 0 Å². The Morgan fingerprint density at radius 3 is 2.69 bits per heavy atom. The zero-order chi connectivity index (χ0) is 17.6. The second-order valence-corrected chi connectivity index (χ2v) is 6.60. The molecule has 0 aliphatic carbocycles. The van der Waals surface area contributed by atoms with E-state index in [0.29, 0.717) is 11.2 Å². The second kappa shape index (κ2) is 9.37. The van der Waals surface area contributed by atoms with Crippen LogP contribution in [0, 0.1) is 4.64 Å². The number of anilines is 1. The van der Waals surface area contributed by atoms with Crippen molar-refractivity contribution < 1.29 is 92.9 Å². The Hall–Kier alpha value is 0.560. The maximum Gasteiger partial charge on any atom is 1.00 e. The topological polar surface area (TPSA) is 195 Å². The Morgan fingerprint density at radius 1 is 1.42 bits per heavy atom. The van der Waals surface area contributed by atoms with Crippen LogP contribution in [0.2, 0.25) is 0 Å². The van der Waals surface area contributed by atoms with Crippen molar-refractivity contribution in [3.05, 3.63) is 11.0 Å². The van der Waals surface area contributed by atoms with E-state index in [1.54, 1.807) is 0 Å². The van der Waals surface area contributed by atoms with Crippen LogP contribution in [0.5, 0.6) is 0 Å². The fourth-order valence-corrected chi connectivity index (χ4v) is 2.98. The van der Waals surface area contributed by atoms with Crippen molar-refractivity contribution in [2.24, 2.45) is 0 Å². The number of H-pyrrole nitrogens is 1. The Morgan fingerprint density at radius 2 is 2.08 bits per heavy atom. The number of phosphoric acid groups is 1. The minimum atomic E-state index is -5.23. The molecular weight excluding hydrogens is 411 g/mol. The quantitative estimate of drug-likeness (QED) is 0.207. The summed E-state index contributed by atoms with van der Waals surface area (Å²) in [6.45, 7) is -0.731. The SMILES string of the molecule is Nc1nc(=S)c2ncn([C@@H]3O[C@H](COP(=O)([O-])[O-])[C@@H](O)[C@H]3O)c2[nH]1.[Na+].[Na+]. The van der Waals surface area contributed by atoms with Crippen LogP contribution < -0.4 is 74.6 Å². The summed E-state index contributed by atoms with van der Waals surface area (Å²) < 4.78 is 21.5. The Kier molecular flexibility index (Phi) is 8.87. The summed E-state index contributed by atoms with van der Waals surface area (Å²) in [5.41, 5.74) is 6.18. The summed E-state index contributed by atoms with van der Waals surface area (Å²) in [5.74, 6) is 0.0146. The van der Waals surface area contributed by atoms with Crippen molar-refractivity contribution in [3.63, 3.8) is 0 Å². The smallest absolute Gasteiger partial charge is 0.790 e. The molecular formula is C10H12N5Na2O7PS. The summed E-state index contributed by atoms with van der Waals surface area (Å²) in [4.78, 5) is 31.7. The second-order valence-electron chi connectivity index (χ2n) is 5.07. The van der Waals surface area contributed by atoms with E-state index < -0.39 is 39.0 Å². The largest absolute Gasteiger partial charge is 1.00 e. The van der Waals surface area contributed by atoms with Crippen LogP contribution in [-0.4, -0.2) is 54.7 Å². The number of nitrogens with zero attached hydrogens (tertiary/aromatic N) is 3. The maximum atomic E-state index is 10.5. The molecule has 0 unspecified atom stereocenters. The molecule has 1 fully saturated rings. The molecule has 1 aliphatic heterocycles. The first-order valence-corrected chi connectivity index (χ1v) is 8.45. The molecule has 16 heteroatoms. The first-order valence-electron chi connectivity index (χ1n) is 6.58. The van der Waals surface area contributed by atoms with Crippen LogP contribution >= 0.6 is 20.0 Å². The van der Waals surface area contributed by atoms with E-state index >= 15 is 0 Å². The van der Waals surface area contributed by atoms with Crippen LogP contribution in [0.25, 0.3) is 11.2 Å². The molecule has 0 radical (unpaired) electrons. The number of imidazole rings is 1. The van der Waals surface area contributed by atoms with Gasteiger partial charge in [-0.25, -0.2) is 9.97 Å². The zero-order valence-corrected chi connectivity index (χ0v) is 19.5. The molecule has 3 heterocycles. The number of aromatic nitrogens is 4. The van der Waals surface area contributed by atoms with Gasteiger partial charge in [0.05, 0.1) is 20.8 Å². The van der Waals surface area contributed by atoms with Gasteiger partial charge >= 0.3 is 59.1 Å².